The van der Waals surface area contributed by atoms with Gasteiger partial charge in [-0.2, -0.15) is 0 Å². The molecule has 0 radical (unpaired) electrons. The zero-order valence-corrected chi connectivity index (χ0v) is 12.4. The number of carboxylic acid groups (broad SMARTS) is 2. The van der Waals surface area contributed by atoms with Crippen LogP contribution in [0.25, 0.3) is 0 Å². The van der Waals surface area contributed by atoms with Crippen LogP contribution in [0, 0.1) is 0 Å². The third kappa shape index (κ3) is 9.79. The number of hydrogen-bond acceptors (Lipinski definition) is 7. The van der Waals surface area contributed by atoms with Gasteiger partial charge in [0.1, 0.15) is 25.2 Å². The molecule has 6 N–H and O–H groups in total. The summed E-state index contributed by atoms with van der Waals surface area (Å²) in [5, 5.41) is 21.3. The lowest BCUT2D eigenvalue weighted by atomic mass is 10.1. The van der Waals surface area contributed by atoms with Crippen molar-refractivity contribution < 1.29 is 38.9 Å². The van der Waals surface area contributed by atoms with Crippen molar-refractivity contribution in [2.45, 2.75) is 31.8 Å². The van der Waals surface area contributed by atoms with Crippen molar-refractivity contribution in [3.8, 4) is 0 Å². The summed E-state index contributed by atoms with van der Waals surface area (Å²) in [5.41, 5.74) is 5.24. The minimum absolute atomic E-state index is 0.155. The quantitative estimate of drug-likeness (QED) is 0.268. The van der Waals surface area contributed by atoms with Gasteiger partial charge in [-0.1, -0.05) is 0 Å². The average molecular weight is 333 g/mol. The molecule has 0 aromatic carbocycles. The highest BCUT2D eigenvalue weighted by Crippen LogP contribution is 1.97. The predicted molar refractivity (Wildman–Crippen MR) is 74.1 cm³/mol. The molecule has 11 heteroatoms. The molecule has 0 aliphatic heterocycles. The van der Waals surface area contributed by atoms with Crippen molar-refractivity contribution in [3.63, 3.8) is 0 Å². The van der Waals surface area contributed by atoms with Gasteiger partial charge in [0, 0.05) is 13.3 Å². The van der Waals surface area contributed by atoms with Gasteiger partial charge in [-0.3, -0.25) is 24.0 Å². The molecule has 0 aliphatic rings. The van der Waals surface area contributed by atoms with Gasteiger partial charge in [0.25, 0.3) is 0 Å². The number of ether oxygens (including phenoxy) is 1. The molecule has 0 saturated heterocycles. The number of esters is 1. The number of aliphatic carboxylic acids is 2. The molecule has 0 aliphatic carbocycles. The molecule has 2 atom stereocenters. The molecule has 0 fully saturated rings. The zero-order chi connectivity index (χ0) is 18.0. The van der Waals surface area contributed by atoms with Crippen LogP contribution in [0.5, 0.6) is 0 Å². The van der Waals surface area contributed by atoms with E-state index in [1.807, 2.05) is 5.32 Å². The van der Waals surface area contributed by atoms with E-state index in [0.717, 1.165) is 6.92 Å². The Hall–Kier alpha value is -2.69. The number of nitrogens with two attached hydrogens (primary N) is 1. The van der Waals surface area contributed by atoms with Crippen LogP contribution >= 0.6 is 0 Å². The number of carbonyl (C=O) groups is 5. The Bertz CT molecular complexity index is 479. The molecule has 2 amide bonds. The smallest absolute Gasteiger partial charge is 0.322 e. The Morgan fingerprint density at radius 1 is 1.17 bits per heavy atom. The molecule has 23 heavy (non-hydrogen) atoms. The molecule has 11 nitrogen and oxygen atoms in total. The standard InChI is InChI=1S/C12H19N3O8/c1-6(16)23-5-8(11(20)14-4-10(18)19)15-9(17)3-2-7(13)12(21)22/h7-8H,2-5,13H2,1H3,(H,14,20)(H,15,17)(H,18,19)(H,21,22)/t7-,8-/m0/s1. The minimum atomic E-state index is -1.30. The monoisotopic (exact) mass is 333 g/mol. The predicted octanol–water partition coefficient (Wildman–Crippen LogP) is -2.57. The van der Waals surface area contributed by atoms with Crippen LogP contribution in [0.1, 0.15) is 19.8 Å². The first kappa shape index (κ1) is 20.3. The molecule has 0 rings (SSSR count). The molecule has 0 spiro atoms. The van der Waals surface area contributed by atoms with Crippen LogP contribution in [0.4, 0.5) is 0 Å². The number of hydrogen-bond donors (Lipinski definition) is 5. The lowest BCUT2D eigenvalue weighted by Gasteiger charge is -2.18. The lowest BCUT2D eigenvalue weighted by Crippen LogP contribution is -2.50. The second-order valence-electron chi connectivity index (χ2n) is 4.52. The van der Waals surface area contributed by atoms with Crippen LogP contribution in [0.15, 0.2) is 0 Å². The van der Waals surface area contributed by atoms with Crippen molar-refractivity contribution in [2.75, 3.05) is 13.2 Å². The average Bonchev–Trinajstić information content (AvgIpc) is 2.45. The summed E-state index contributed by atoms with van der Waals surface area (Å²) in [4.78, 5) is 55.1. The summed E-state index contributed by atoms with van der Waals surface area (Å²) >= 11 is 0. The number of carboxylic acids is 2. The fourth-order valence-corrected chi connectivity index (χ4v) is 1.35. The van der Waals surface area contributed by atoms with E-state index in [1.165, 1.54) is 0 Å². The summed E-state index contributed by atoms with van der Waals surface area (Å²) in [6, 6.07) is -2.53. The van der Waals surface area contributed by atoms with E-state index < -0.39 is 55.0 Å². The maximum absolute atomic E-state index is 11.7. The van der Waals surface area contributed by atoms with Crippen molar-refractivity contribution >= 4 is 29.7 Å². The van der Waals surface area contributed by atoms with Crippen molar-refractivity contribution in [1.82, 2.24) is 10.6 Å². The minimum Gasteiger partial charge on any atom is -0.480 e. The van der Waals surface area contributed by atoms with E-state index in [-0.39, 0.29) is 12.8 Å². The van der Waals surface area contributed by atoms with Crippen LogP contribution < -0.4 is 16.4 Å². The number of amides is 2. The third-order valence-electron chi connectivity index (χ3n) is 2.52. The molecule has 0 heterocycles. The lowest BCUT2D eigenvalue weighted by molar-refractivity contribution is -0.145. The highest BCUT2D eigenvalue weighted by atomic mass is 16.5. The third-order valence-corrected chi connectivity index (χ3v) is 2.52. The molecule has 0 aromatic rings. The summed E-state index contributed by atoms with van der Waals surface area (Å²) in [6.45, 7) is -0.0629. The summed E-state index contributed by atoms with van der Waals surface area (Å²) in [5.74, 6) is -4.80. The Morgan fingerprint density at radius 2 is 1.78 bits per heavy atom. The van der Waals surface area contributed by atoms with E-state index in [0.29, 0.717) is 0 Å². The van der Waals surface area contributed by atoms with E-state index in [9.17, 15) is 24.0 Å². The van der Waals surface area contributed by atoms with Crippen LogP contribution in [0.2, 0.25) is 0 Å². The topological polar surface area (TPSA) is 185 Å². The van der Waals surface area contributed by atoms with E-state index in [2.05, 4.69) is 10.1 Å². The molecular formula is C12H19N3O8. The normalized spacial score (nSPS) is 12.6. The van der Waals surface area contributed by atoms with Gasteiger partial charge in [-0.05, 0) is 6.42 Å². The highest BCUT2D eigenvalue weighted by Gasteiger charge is 2.23. The zero-order valence-electron chi connectivity index (χ0n) is 12.4. The van der Waals surface area contributed by atoms with E-state index in [4.69, 9.17) is 15.9 Å². The summed E-state index contributed by atoms with van der Waals surface area (Å²) < 4.78 is 4.62. The van der Waals surface area contributed by atoms with Crippen molar-refractivity contribution in [2.24, 2.45) is 5.73 Å². The largest absolute Gasteiger partial charge is 0.480 e. The van der Waals surface area contributed by atoms with E-state index >= 15 is 0 Å². The van der Waals surface area contributed by atoms with Crippen LogP contribution in [-0.4, -0.2) is 65.2 Å². The molecule has 130 valence electrons. The number of carbonyl (C=O) groups excluding carboxylic acids is 3. The Morgan fingerprint density at radius 3 is 2.26 bits per heavy atom. The van der Waals surface area contributed by atoms with Crippen LogP contribution in [0.3, 0.4) is 0 Å². The first-order chi connectivity index (χ1) is 10.6. The van der Waals surface area contributed by atoms with Gasteiger partial charge >= 0.3 is 17.9 Å². The van der Waals surface area contributed by atoms with Gasteiger partial charge in [0.15, 0.2) is 0 Å². The molecule has 0 bridgehead atoms. The fraction of sp³-hybridized carbons (Fsp3) is 0.583. The number of nitrogens with one attached hydrogen (secondary N) is 2. The maximum atomic E-state index is 11.7. The molecule has 0 saturated carbocycles. The second kappa shape index (κ2) is 10.1. The van der Waals surface area contributed by atoms with Crippen molar-refractivity contribution in [1.29, 1.82) is 0 Å². The Balaban J connectivity index is 4.57. The first-order valence-electron chi connectivity index (χ1n) is 6.54. The maximum Gasteiger partial charge on any atom is 0.322 e. The highest BCUT2D eigenvalue weighted by molar-refractivity contribution is 5.89. The van der Waals surface area contributed by atoms with E-state index in [1.54, 1.807) is 0 Å². The molecular weight excluding hydrogens is 314 g/mol. The first-order valence-corrected chi connectivity index (χ1v) is 6.54. The molecule has 0 aromatic heterocycles. The van der Waals surface area contributed by atoms with Crippen molar-refractivity contribution in [3.05, 3.63) is 0 Å². The van der Waals surface area contributed by atoms with Gasteiger partial charge in [0.05, 0.1) is 0 Å². The van der Waals surface area contributed by atoms with Gasteiger partial charge in [-0.15, -0.1) is 0 Å². The molecule has 0 unspecified atom stereocenters. The summed E-state index contributed by atoms with van der Waals surface area (Å²) in [6.07, 6.45) is -0.422. The summed E-state index contributed by atoms with van der Waals surface area (Å²) in [7, 11) is 0. The van der Waals surface area contributed by atoms with Gasteiger partial charge in [0.2, 0.25) is 11.8 Å². The second-order valence-corrected chi connectivity index (χ2v) is 4.52. The van der Waals surface area contributed by atoms with Gasteiger partial charge < -0.3 is 31.3 Å². The van der Waals surface area contributed by atoms with Crippen LogP contribution in [-0.2, 0) is 28.7 Å². The SMILES string of the molecule is CC(=O)OC[C@H](NC(=O)CC[C@H](N)C(=O)O)C(=O)NCC(=O)O. The van der Waals surface area contributed by atoms with Gasteiger partial charge in [-0.25, -0.2) is 0 Å². The Labute approximate surface area is 131 Å². The fourth-order valence-electron chi connectivity index (χ4n) is 1.35. The number of rotatable bonds is 10. The Kier molecular flexibility index (Phi) is 8.92.